The van der Waals surface area contributed by atoms with Crippen molar-refractivity contribution in [1.82, 2.24) is 10.3 Å². The molecule has 0 aliphatic carbocycles. The molecule has 0 aromatic carbocycles. The lowest BCUT2D eigenvalue weighted by Gasteiger charge is -2.10. The molecular formula is C15H19ClN2OS. The average molecular weight is 311 g/mol. The molecule has 2 aromatic heterocycles. The molecule has 0 amide bonds. The van der Waals surface area contributed by atoms with Crippen molar-refractivity contribution in [3.8, 4) is 5.88 Å². The van der Waals surface area contributed by atoms with E-state index in [1.165, 1.54) is 4.88 Å². The summed E-state index contributed by atoms with van der Waals surface area (Å²) in [5.41, 5.74) is 1.06. The van der Waals surface area contributed by atoms with Gasteiger partial charge in [-0.05, 0) is 23.1 Å². The molecule has 3 nitrogen and oxygen atoms in total. The highest BCUT2D eigenvalue weighted by Crippen LogP contribution is 2.22. The van der Waals surface area contributed by atoms with Gasteiger partial charge in [0.1, 0.15) is 5.02 Å². The van der Waals surface area contributed by atoms with Crippen LogP contribution in [0.5, 0.6) is 5.88 Å². The molecule has 0 bridgehead atoms. The predicted molar refractivity (Wildman–Crippen MR) is 84.7 cm³/mol. The zero-order valence-electron chi connectivity index (χ0n) is 11.7. The molecule has 0 spiro atoms. The summed E-state index contributed by atoms with van der Waals surface area (Å²) in [4.78, 5) is 5.59. The van der Waals surface area contributed by atoms with Crippen LogP contribution in [0.3, 0.4) is 0 Å². The number of halogens is 1. The van der Waals surface area contributed by atoms with Crippen molar-refractivity contribution in [1.29, 1.82) is 0 Å². The molecule has 2 aromatic rings. The van der Waals surface area contributed by atoms with Crippen molar-refractivity contribution in [2.24, 2.45) is 0 Å². The highest BCUT2D eigenvalue weighted by atomic mass is 35.5. The molecule has 0 aliphatic heterocycles. The summed E-state index contributed by atoms with van der Waals surface area (Å²) in [5, 5.41) is 5.97. The molecular weight excluding hydrogens is 292 g/mol. The molecule has 0 aliphatic rings. The van der Waals surface area contributed by atoms with Gasteiger partial charge in [-0.1, -0.05) is 31.5 Å². The van der Waals surface area contributed by atoms with E-state index in [0.717, 1.165) is 18.5 Å². The van der Waals surface area contributed by atoms with Gasteiger partial charge < -0.3 is 10.1 Å². The monoisotopic (exact) mass is 310 g/mol. The maximum atomic E-state index is 6.19. The zero-order valence-corrected chi connectivity index (χ0v) is 13.3. The van der Waals surface area contributed by atoms with Crippen LogP contribution in [0.2, 0.25) is 5.02 Å². The molecule has 0 unspecified atom stereocenters. The van der Waals surface area contributed by atoms with Crippen molar-refractivity contribution in [3.05, 3.63) is 45.2 Å². The number of hydrogen-bond donors (Lipinski definition) is 1. The predicted octanol–water partition coefficient (Wildman–Crippen LogP) is 3.92. The molecule has 5 heteroatoms. The van der Waals surface area contributed by atoms with E-state index >= 15 is 0 Å². The second-order valence-corrected chi connectivity index (χ2v) is 6.28. The number of nitrogens with one attached hydrogen (secondary N) is 1. The molecule has 1 N–H and O–H groups in total. The van der Waals surface area contributed by atoms with Gasteiger partial charge in [0.15, 0.2) is 0 Å². The van der Waals surface area contributed by atoms with E-state index in [4.69, 9.17) is 16.3 Å². The fraction of sp³-hybridized carbons (Fsp3) is 0.400. The van der Waals surface area contributed by atoms with Crippen molar-refractivity contribution in [2.45, 2.75) is 32.9 Å². The van der Waals surface area contributed by atoms with E-state index in [2.05, 4.69) is 35.6 Å². The van der Waals surface area contributed by atoms with Gasteiger partial charge in [0, 0.05) is 30.1 Å². The molecule has 0 fully saturated rings. The zero-order chi connectivity index (χ0) is 14.4. The largest absolute Gasteiger partial charge is 0.476 e. The second kappa shape index (κ2) is 7.62. The molecule has 108 valence electrons. The topological polar surface area (TPSA) is 34.2 Å². The van der Waals surface area contributed by atoms with Crippen LogP contribution in [0.25, 0.3) is 0 Å². The molecule has 0 atom stereocenters. The van der Waals surface area contributed by atoms with Crippen LogP contribution in [0.15, 0.2) is 29.8 Å². The summed E-state index contributed by atoms with van der Waals surface area (Å²) < 4.78 is 5.63. The van der Waals surface area contributed by atoms with E-state index in [0.29, 0.717) is 23.6 Å². The van der Waals surface area contributed by atoms with Crippen LogP contribution in [-0.2, 0) is 13.0 Å². The Morgan fingerprint density at radius 2 is 2.30 bits per heavy atom. The van der Waals surface area contributed by atoms with Crippen LogP contribution in [0, 0.1) is 0 Å². The summed E-state index contributed by atoms with van der Waals surface area (Å²) in [5.74, 6) is 0.511. The highest BCUT2D eigenvalue weighted by molar-refractivity contribution is 7.09. The van der Waals surface area contributed by atoms with E-state index in [1.807, 2.05) is 18.3 Å². The summed E-state index contributed by atoms with van der Waals surface area (Å²) >= 11 is 7.92. The fourth-order valence-electron chi connectivity index (χ4n) is 1.69. The highest BCUT2D eigenvalue weighted by Gasteiger charge is 2.06. The number of aromatic nitrogens is 1. The van der Waals surface area contributed by atoms with Crippen molar-refractivity contribution >= 4 is 22.9 Å². The summed E-state index contributed by atoms with van der Waals surface area (Å²) in [6, 6.07) is 6.49. The first-order valence-electron chi connectivity index (χ1n) is 6.68. The van der Waals surface area contributed by atoms with E-state index in [9.17, 15) is 0 Å². The molecule has 2 rings (SSSR count). The van der Waals surface area contributed by atoms with Gasteiger partial charge in [0.25, 0.3) is 0 Å². The quantitative estimate of drug-likeness (QED) is 0.841. The van der Waals surface area contributed by atoms with Crippen molar-refractivity contribution < 1.29 is 4.74 Å². The lowest BCUT2D eigenvalue weighted by Crippen LogP contribution is -2.21. The molecule has 0 saturated heterocycles. The number of hydrogen-bond acceptors (Lipinski definition) is 4. The minimum absolute atomic E-state index is 0.440. The number of nitrogens with zero attached hydrogens (tertiary/aromatic N) is 1. The van der Waals surface area contributed by atoms with Crippen molar-refractivity contribution in [3.63, 3.8) is 0 Å². The van der Waals surface area contributed by atoms with Gasteiger partial charge in [-0.3, -0.25) is 0 Å². The number of ether oxygens (including phenoxy) is 1. The lowest BCUT2D eigenvalue weighted by molar-refractivity contribution is 0.310. The Balaban J connectivity index is 1.85. The molecule has 0 radical (unpaired) electrons. The molecule has 0 saturated carbocycles. The first-order chi connectivity index (χ1) is 9.65. The van der Waals surface area contributed by atoms with Gasteiger partial charge >= 0.3 is 0 Å². The Kier molecular flexibility index (Phi) is 5.83. The summed E-state index contributed by atoms with van der Waals surface area (Å²) in [6.45, 7) is 5.57. The minimum atomic E-state index is 0.440. The van der Waals surface area contributed by atoms with E-state index in [-0.39, 0.29) is 0 Å². The smallest absolute Gasteiger partial charge is 0.232 e. The Labute approximate surface area is 129 Å². The Bertz CT molecular complexity index is 529. The van der Waals surface area contributed by atoms with Gasteiger partial charge in [0.05, 0.1) is 6.61 Å². The Morgan fingerprint density at radius 3 is 2.95 bits per heavy atom. The average Bonchev–Trinajstić information content (AvgIpc) is 2.92. The van der Waals surface area contributed by atoms with Crippen LogP contribution in [-0.4, -0.2) is 17.6 Å². The minimum Gasteiger partial charge on any atom is -0.476 e. The van der Waals surface area contributed by atoms with Gasteiger partial charge in [-0.15, -0.1) is 11.3 Å². The maximum Gasteiger partial charge on any atom is 0.232 e. The van der Waals surface area contributed by atoms with E-state index < -0.39 is 0 Å². The summed E-state index contributed by atoms with van der Waals surface area (Å²) in [7, 11) is 0. The van der Waals surface area contributed by atoms with Crippen LogP contribution < -0.4 is 10.1 Å². The standard InChI is InChI=1S/C15H19ClN2OS/c1-11(2)17-9-12-8-14(16)15(18-10-12)19-6-5-13-4-3-7-20-13/h3-4,7-8,10-11,17H,5-6,9H2,1-2H3. The van der Waals surface area contributed by atoms with E-state index in [1.54, 1.807) is 11.3 Å². The Morgan fingerprint density at radius 1 is 1.45 bits per heavy atom. The number of pyridine rings is 1. The third-order valence-corrected chi connectivity index (χ3v) is 3.95. The second-order valence-electron chi connectivity index (χ2n) is 4.84. The maximum absolute atomic E-state index is 6.19. The SMILES string of the molecule is CC(C)NCc1cnc(OCCc2cccs2)c(Cl)c1. The third-order valence-electron chi connectivity index (χ3n) is 2.75. The Hall–Kier alpha value is -1.10. The lowest BCUT2D eigenvalue weighted by atomic mass is 10.2. The fourth-order valence-corrected chi connectivity index (χ4v) is 2.63. The molecule has 20 heavy (non-hydrogen) atoms. The normalized spacial score (nSPS) is 11.0. The summed E-state index contributed by atoms with van der Waals surface area (Å²) in [6.07, 6.45) is 2.69. The molecule has 2 heterocycles. The van der Waals surface area contributed by atoms with Gasteiger partial charge in [-0.2, -0.15) is 0 Å². The first kappa shape index (κ1) is 15.3. The first-order valence-corrected chi connectivity index (χ1v) is 7.94. The van der Waals surface area contributed by atoms with Crippen LogP contribution in [0.1, 0.15) is 24.3 Å². The van der Waals surface area contributed by atoms with Gasteiger partial charge in [0.2, 0.25) is 5.88 Å². The number of rotatable bonds is 7. The van der Waals surface area contributed by atoms with Crippen LogP contribution >= 0.6 is 22.9 Å². The third kappa shape index (κ3) is 4.78. The van der Waals surface area contributed by atoms with Gasteiger partial charge in [-0.25, -0.2) is 4.98 Å². The van der Waals surface area contributed by atoms with Crippen molar-refractivity contribution in [2.75, 3.05) is 6.61 Å². The number of thiophene rings is 1. The van der Waals surface area contributed by atoms with Crippen LogP contribution in [0.4, 0.5) is 0 Å².